The Kier molecular flexibility index (Phi) is 5.09. The van der Waals surface area contributed by atoms with E-state index >= 15 is 0 Å². The van der Waals surface area contributed by atoms with Gasteiger partial charge in [-0.15, -0.1) is 11.3 Å². The van der Waals surface area contributed by atoms with E-state index in [0.717, 1.165) is 12.8 Å². The molecular weight excluding hydrogens is 388 g/mol. The summed E-state index contributed by atoms with van der Waals surface area (Å²) in [5.41, 5.74) is 1.09. The molecule has 2 aromatic heterocycles. The predicted octanol–water partition coefficient (Wildman–Crippen LogP) is 3.49. The highest BCUT2D eigenvalue weighted by Crippen LogP contribution is 2.31. The van der Waals surface area contributed by atoms with E-state index in [2.05, 4.69) is 19.9 Å². The molecule has 0 atom stereocenters. The maximum absolute atomic E-state index is 13.2. The van der Waals surface area contributed by atoms with Crippen LogP contribution in [0.25, 0.3) is 5.69 Å². The van der Waals surface area contributed by atoms with Gasteiger partial charge in [0.15, 0.2) is 0 Å². The average molecular weight is 413 g/mol. The fraction of sp³-hybridized carbons (Fsp3) is 0.476. The van der Waals surface area contributed by atoms with Crippen molar-refractivity contribution in [2.24, 2.45) is 5.41 Å². The highest BCUT2D eigenvalue weighted by Gasteiger charge is 2.38. The summed E-state index contributed by atoms with van der Waals surface area (Å²) in [6.07, 6.45) is 4.89. The van der Waals surface area contributed by atoms with Gasteiger partial charge in [-0.3, -0.25) is 4.79 Å². The molecule has 2 aromatic rings. The Morgan fingerprint density at radius 1 is 1.28 bits per heavy atom. The van der Waals surface area contributed by atoms with Gasteiger partial charge in [-0.1, -0.05) is 13.8 Å². The topological polar surface area (TPSA) is 78.6 Å². The summed E-state index contributed by atoms with van der Waals surface area (Å²) in [7, 11) is 0. The van der Waals surface area contributed by atoms with Gasteiger partial charge in [0.05, 0.1) is 17.9 Å². The Hall–Kier alpha value is -2.79. The van der Waals surface area contributed by atoms with Gasteiger partial charge in [0.25, 0.3) is 5.91 Å². The molecule has 0 bridgehead atoms. The van der Waals surface area contributed by atoms with Crippen molar-refractivity contribution in [2.75, 3.05) is 26.2 Å². The molecule has 2 aliphatic rings. The van der Waals surface area contributed by atoms with Crippen LogP contribution in [0.4, 0.5) is 4.79 Å². The number of rotatable bonds is 3. The fourth-order valence-corrected chi connectivity index (χ4v) is 4.99. The summed E-state index contributed by atoms with van der Waals surface area (Å²) in [4.78, 5) is 29.7. The molecule has 0 saturated carbocycles. The molecule has 2 saturated heterocycles. The SMILES string of the molecule is CC1(C)COC(=O)N(C2CCN(C(=O)c3scc(C#N)c3-n3cccc3)CC2)C1. The summed E-state index contributed by atoms with van der Waals surface area (Å²) in [5, 5.41) is 11.2. The van der Waals surface area contributed by atoms with Crippen LogP contribution in [0.1, 0.15) is 41.9 Å². The maximum atomic E-state index is 13.2. The maximum Gasteiger partial charge on any atom is 0.410 e. The smallest absolute Gasteiger partial charge is 0.410 e. The molecule has 0 spiro atoms. The van der Waals surface area contributed by atoms with Crippen LogP contribution in [0.3, 0.4) is 0 Å². The third-order valence-electron chi connectivity index (χ3n) is 5.55. The van der Waals surface area contributed by atoms with Crippen molar-refractivity contribution in [3.63, 3.8) is 0 Å². The number of carbonyl (C=O) groups is 2. The van der Waals surface area contributed by atoms with Crippen molar-refractivity contribution >= 4 is 23.3 Å². The molecule has 8 heteroatoms. The van der Waals surface area contributed by atoms with Crippen molar-refractivity contribution in [2.45, 2.75) is 32.7 Å². The van der Waals surface area contributed by atoms with E-state index in [1.165, 1.54) is 11.3 Å². The molecule has 4 rings (SSSR count). The van der Waals surface area contributed by atoms with Crippen LogP contribution in [0.15, 0.2) is 29.9 Å². The number of hydrogen-bond acceptors (Lipinski definition) is 5. The number of likely N-dealkylation sites (tertiary alicyclic amines) is 1. The van der Waals surface area contributed by atoms with E-state index in [-0.39, 0.29) is 23.5 Å². The minimum absolute atomic E-state index is 0.0554. The molecule has 0 radical (unpaired) electrons. The Balaban J connectivity index is 1.47. The number of piperidine rings is 1. The number of cyclic esters (lactones) is 1. The van der Waals surface area contributed by atoms with Crippen LogP contribution in [-0.2, 0) is 4.74 Å². The lowest BCUT2D eigenvalue weighted by molar-refractivity contribution is -0.0153. The summed E-state index contributed by atoms with van der Waals surface area (Å²) >= 11 is 1.31. The first-order valence-electron chi connectivity index (χ1n) is 9.77. The normalized spacial score (nSPS) is 19.7. The quantitative estimate of drug-likeness (QED) is 0.773. The van der Waals surface area contributed by atoms with Gasteiger partial charge in [0.1, 0.15) is 10.9 Å². The Morgan fingerprint density at radius 3 is 2.62 bits per heavy atom. The van der Waals surface area contributed by atoms with E-state index in [0.29, 0.717) is 42.4 Å². The van der Waals surface area contributed by atoms with Crippen LogP contribution in [-0.4, -0.2) is 58.7 Å². The minimum atomic E-state index is -0.249. The summed E-state index contributed by atoms with van der Waals surface area (Å²) in [6, 6.07) is 6.02. The van der Waals surface area contributed by atoms with E-state index in [4.69, 9.17) is 4.74 Å². The van der Waals surface area contributed by atoms with Gasteiger partial charge in [-0.25, -0.2) is 4.79 Å². The average Bonchev–Trinajstić information content (AvgIpc) is 3.38. The summed E-state index contributed by atoms with van der Waals surface area (Å²) in [5.74, 6) is -0.0554. The molecule has 7 nitrogen and oxygen atoms in total. The second-order valence-corrected chi connectivity index (χ2v) is 9.28. The molecule has 152 valence electrons. The Bertz CT molecular complexity index is 949. The number of amides is 2. The highest BCUT2D eigenvalue weighted by atomic mass is 32.1. The molecule has 2 aliphatic heterocycles. The van der Waals surface area contributed by atoms with Gasteiger partial charge >= 0.3 is 6.09 Å². The van der Waals surface area contributed by atoms with Crippen LogP contribution in [0, 0.1) is 16.7 Å². The lowest BCUT2D eigenvalue weighted by Gasteiger charge is -2.44. The van der Waals surface area contributed by atoms with Crippen molar-refractivity contribution in [3.8, 4) is 11.8 Å². The van der Waals surface area contributed by atoms with Crippen molar-refractivity contribution in [1.29, 1.82) is 5.26 Å². The largest absolute Gasteiger partial charge is 0.449 e. The molecule has 0 N–H and O–H groups in total. The number of thiophene rings is 1. The number of hydrogen-bond donors (Lipinski definition) is 0. The van der Waals surface area contributed by atoms with E-state index < -0.39 is 0 Å². The Labute approximate surface area is 174 Å². The van der Waals surface area contributed by atoms with Gasteiger partial charge in [-0.2, -0.15) is 5.26 Å². The third kappa shape index (κ3) is 3.75. The lowest BCUT2D eigenvalue weighted by atomic mass is 9.91. The molecule has 2 fully saturated rings. The zero-order chi connectivity index (χ0) is 20.6. The number of ether oxygens (including phenoxy) is 1. The number of carbonyl (C=O) groups excluding carboxylic acids is 2. The second kappa shape index (κ2) is 7.56. The summed E-state index contributed by atoms with van der Waals surface area (Å²) in [6.45, 7) is 6.48. The number of aromatic nitrogens is 1. The lowest BCUT2D eigenvalue weighted by Crippen LogP contribution is -2.55. The fourth-order valence-electron chi connectivity index (χ4n) is 4.04. The zero-order valence-electron chi connectivity index (χ0n) is 16.6. The van der Waals surface area contributed by atoms with Gasteiger partial charge in [0, 0.05) is 48.9 Å². The molecular formula is C21H24N4O3S. The first kappa shape index (κ1) is 19.5. The van der Waals surface area contributed by atoms with Gasteiger partial charge in [-0.05, 0) is 25.0 Å². The van der Waals surface area contributed by atoms with Crippen LogP contribution >= 0.6 is 11.3 Å². The summed E-state index contributed by atoms with van der Waals surface area (Å²) < 4.78 is 7.17. The van der Waals surface area contributed by atoms with Crippen LogP contribution in [0.5, 0.6) is 0 Å². The third-order valence-corrected chi connectivity index (χ3v) is 6.51. The van der Waals surface area contributed by atoms with Crippen LogP contribution in [0.2, 0.25) is 0 Å². The molecule has 29 heavy (non-hydrogen) atoms. The second-order valence-electron chi connectivity index (χ2n) is 8.40. The minimum Gasteiger partial charge on any atom is -0.449 e. The number of nitriles is 1. The monoisotopic (exact) mass is 412 g/mol. The standard InChI is InChI=1S/C21H24N4O3S/c1-21(2)13-25(20(27)28-14-21)16-5-9-24(10-6-16)19(26)18-17(15(11-22)12-29-18)23-7-3-4-8-23/h3-4,7-8,12,16H,5-6,9-10,13-14H2,1-2H3. The predicted molar refractivity (Wildman–Crippen MR) is 109 cm³/mol. The van der Waals surface area contributed by atoms with E-state index in [1.54, 1.807) is 5.38 Å². The van der Waals surface area contributed by atoms with Crippen LogP contribution < -0.4 is 0 Å². The van der Waals surface area contributed by atoms with Gasteiger partial charge in [0.2, 0.25) is 0 Å². The molecule has 4 heterocycles. The molecule has 0 unspecified atom stereocenters. The first-order chi connectivity index (χ1) is 13.9. The van der Waals surface area contributed by atoms with E-state index in [9.17, 15) is 14.9 Å². The van der Waals surface area contributed by atoms with Crippen molar-refractivity contribution < 1.29 is 14.3 Å². The van der Waals surface area contributed by atoms with Gasteiger partial charge < -0.3 is 19.1 Å². The highest BCUT2D eigenvalue weighted by molar-refractivity contribution is 7.12. The zero-order valence-corrected chi connectivity index (χ0v) is 17.4. The molecule has 0 aliphatic carbocycles. The Morgan fingerprint density at radius 2 is 1.97 bits per heavy atom. The first-order valence-corrected chi connectivity index (χ1v) is 10.7. The molecule has 0 aromatic carbocycles. The van der Waals surface area contributed by atoms with Crippen molar-refractivity contribution in [1.82, 2.24) is 14.4 Å². The number of nitrogens with zero attached hydrogens (tertiary/aromatic N) is 4. The van der Waals surface area contributed by atoms with Crippen molar-refractivity contribution in [3.05, 3.63) is 40.3 Å². The molecule has 2 amide bonds. The van der Waals surface area contributed by atoms with E-state index in [1.807, 2.05) is 38.9 Å².